The van der Waals surface area contributed by atoms with Crippen molar-refractivity contribution in [3.8, 4) is 0 Å². The molecule has 0 aliphatic heterocycles. The van der Waals surface area contributed by atoms with Gasteiger partial charge in [-0.2, -0.15) is 11.8 Å². The first-order valence-electron chi connectivity index (χ1n) is 5.67. The van der Waals surface area contributed by atoms with E-state index >= 15 is 0 Å². The number of carbonyl (C=O) groups excluding carboxylic acids is 1. The molecule has 0 aromatic carbocycles. The molecule has 0 aromatic heterocycles. The van der Waals surface area contributed by atoms with E-state index < -0.39 is 0 Å². The predicted octanol–water partition coefficient (Wildman–Crippen LogP) is 1.37. The SMILES string of the molecule is CCC(CN)CC(=O)NCC1(SC)CC1. The molecule has 0 heterocycles. The topological polar surface area (TPSA) is 55.1 Å². The summed E-state index contributed by atoms with van der Waals surface area (Å²) in [7, 11) is 0. The highest BCUT2D eigenvalue weighted by atomic mass is 32.2. The van der Waals surface area contributed by atoms with Crippen molar-refractivity contribution in [2.24, 2.45) is 11.7 Å². The highest BCUT2D eigenvalue weighted by Gasteiger charge is 2.41. The first-order chi connectivity index (χ1) is 7.15. The molecule has 88 valence electrons. The van der Waals surface area contributed by atoms with Crippen LogP contribution < -0.4 is 11.1 Å². The van der Waals surface area contributed by atoms with Crippen LogP contribution >= 0.6 is 11.8 Å². The van der Waals surface area contributed by atoms with Gasteiger partial charge in [0.2, 0.25) is 5.91 Å². The van der Waals surface area contributed by atoms with E-state index in [1.165, 1.54) is 12.8 Å². The van der Waals surface area contributed by atoms with Gasteiger partial charge in [-0.05, 0) is 31.6 Å². The van der Waals surface area contributed by atoms with Gasteiger partial charge in [-0.25, -0.2) is 0 Å². The fourth-order valence-electron chi connectivity index (χ4n) is 1.58. The quantitative estimate of drug-likeness (QED) is 0.694. The van der Waals surface area contributed by atoms with E-state index in [1.807, 2.05) is 11.8 Å². The first-order valence-corrected chi connectivity index (χ1v) is 6.90. The van der Waals surface area contributed by atoms with Crippen LogP contribution in [-0.2, 0) is 4.79 Å². The Labute approximate surface area is 96.6 Å². The van der Waals surface area contributed by atoms with Crippen molar-refractivity contribution in [1.82, 2.24) is 5.32 Å². The molecule has 4 heteroatoms. The maximum atomic E-state index is 11.6. The van der Waals surface area contributed by atoms with Crippen LogP contribution in [0.5, 0.6) is 0 Å². The van der Waals surface area contributed by atoms with Crippen molar-refractivity contribution in [3.05, 3.63) is 0 Å². The van der Waals surface area contributed by atoms with Crippen LogP contribution in [0.25, 0.3) is 0 Å². The smallest absolute Gasteiger partial charge is 0.220 e. The first kappa shape index (κ1) is 12.8. The summed E-state index contributed by atoms with van der Waals surface area (Å²) in [6.07, 6.45) is 6.16. The zero-order valence-corrected chi connectivity index (χ0v) is 10.5. The molecule has 0 spiro atoms. The van der Waals surface area contributed by atoms with Crippen LogP contribution in [0.1, 0.15) is 32.6 Å². The molecule has 1 atom stereocenters. The second-order valence-electron chi connectivity index (χ2n) is 4.38. The molecule has 3 N–H and O–H groups in total. The van der Waals surface area contributed by atoms with Gasteiger partial charge in [0.05, 0.1) is 0 Å². The molecule has 0 radical (unpaired) electrons. The third-order valence-electron chi connectivity index (χ3n) is 3.23. The summed E-state index contributed by atoms with van der Waals surface area (Å²) in [6.45, 7) is 3.51. The Morgan fingerprint density at radius 3 is 2.67 bits per heavy atom. The lowest BCUT2D eigenvalue weighted by Gasteiger charge is -2.15. The minimum absolute atomic E-state index is 0.160. The lowest BCUT2D eigenvalue weighted by molar-refractivity contribution is -0.122. The van der Waals surface area contributed by atoms with E-state index in [0.29, 0.717) is 23.6 Å². The van der Waals surface area contributed by atoms with Crippen molar-refractivity contribution in [2.45, 2.75) is 37.4 Å². The van der Waals surface area contributed by atoms with Crippen molar-refractivity contribution in [3.63, 3.8) is 0 Å². The molecular weight excluding hydrogens is 208 g/mol. The molecule has 15 heavy (non-hydrogen) atoms. The number of amides is 1. The fourth-order valence-corrected chi connectivity index (χ4v) is 2.31. The van der Waals surface area contributed by atoms with Crippen molar-refractivity contribution in [2.75, 3.05) is 19.3 Å². The minimum atomic E-state index is 0.160. The second kappa shape index (κ2) is 5.75. The average Bonchev–Trinajstić information content (AvgIpc) is 3.04. The minimum Gasteiger partial charge on any atom is -0.355 e. The molecule has 1 unspecified atom stereocenters. The van der Waals surface area contributed by atoms with Gasteiger partial charge in [0.25, 0.3) is 0 Å². The third kappa shape index (κ3) is 4.03. The second-order valence-corrected chi connectivity index (χ2v) is 5.65. The standard InChI is InChI=1S/C11H22N2OS/c1-3-9(7-12)6-10(14)13-8-11(15-2)4-5-11/h9H,3-8,12H2,1-2H3,(H,13,14). The molecule has 1 saturated carbocycles. The zero-order chi connectivity index (χ0) is 11.3. The van der Waals surface area contributed by atoms with Crippen molar-refractivity contribution in [1.29, 1.82) is 0 Å². The van der Waals surface area contributed by atoms with Crippen molar-refractivity contribution >= 4 is 17.7 Å². The van der Waals surface area contributed by atoms with Gasteiger partial charge in [-0.15, -0.1) is 0 Å². The molecule has 0 bridgehead atoms. The van der Waals surface area contributed by atoms with Gasteiger partial charge in [-0.1, -0.05) is 13.3 Å². The number of nitrogens with two attached hydrogens (primary N) is 1. The summed E-state index contributed by atoms with van der Waals surface area (Å²) in [5, 5.41) is 3.02. The molecule has 0 aromatic rings. The highest BCUT2D eigenvalue weighted by Crippen LogP contribution is 2.46. The highest BCUT2D eigenvalue weighted by molar-refractivity contribution is 8.00. The normalized spacial score (nSPS) is 19.7. The molecule has 1 aliphatic carbocycles. The summed E-state index contributed by atoms with van der Waals surface area (Å²) in [5.74, 6) is 0.502. The van der Waals surface area contributed by atoms with E-state index in [9.17, 15) is 4.79 Å². The maximum absolute atomic E-state index is 11.6. The molecule has 1 amide bonds. The lowest BCUT2D eigenvalue weighted by atomic mass is 10.0. The number of carbonyl (C=O) groups is 1. The number of hydrogen-bond donors (Lipinski definition) is 2. The maximum Gasteiger partial charge on any atom is 0.220 e. The van der Waals surface area contributed by atoms with Gasteiger partial charge in [0, 0.05) is 17.7 Å². The molecule has 3 nitrogen and oxygen atoms in total. The number of hydrogen-bond acceptors (Lipinski definition) is 3. The van der Waals surface area contributed by atoms with Crippen LogP contribution in [-0.4, -0.2) is 30.0 Å². The van der Waals surface area contributed by atoms with Gasteiger partial charge in [-0.3, -0.25) is 4.79 Å². The van der Waals surface area contributed by atoms with Crippen LogP contribution in [0.15, 0.2) is 0 Å². The summed E-state index contributed by atoms with van der Waals surface area (Å²) >= 11 is 1.87. The van der Waals surface area contributed by atoms with E-state index in [1.54, 1.807) is 0 Å². The summed E-state index contributed by atoms with van der Waals surface area (Å²) in [5.41, 5.74) is 5.57. The third-order valence-corrected chi connectivity index (χ3v) is 4.65. The Hall–Kier alpha value is -0.220. The summed E-state index contributed by atoms with van der Waals surface area (Å²) < 4.78 is 0.361. The van der Waals surface area contributed by atoms with E-state index in [4.69, 9.17) is 5.73 Å². The lowest BCUT2D eigenvalue weighted by Crippen LogP contribution is -2.33. The van der Waals surface area contributed by atoms with Crippen molar-refractivity contribution < 1.29 is 4.79 Å². The molecular formula is C11H22N2OS. The van der Waals surface area contributed by atoms with Gasteiger partial charge in [0.15, 0.2) is 0 Å². The molecule has 1 fully saturated rings. The van der Waals surface area contributed by atoms with Crippen LogP contribution in [0.4, 0.5) is 0 Å². The van der Waals surface area contributed by atoms with E-state index in [2.05, 4.69) is 18.5 Å². The zero-order valence-electron chi connectivity index (χ0n) is 9.71. The molecule has 1 rings (SSSR count). The Kier molecular flexibility index (Phi) is 4.93. The fraction of sp³-hybridized carbons (Fsp3) is 0.909. The van der Waals surface area contributed by atoms with Crippen LogP contribution in [0.3, 0.4) is 0 Å². The predicted molar refractivity (Wildman–Crippen MR) is 65.9 cm³/mol. The monoisotopic (exact) mass is 230 g/mol. The van der Waals surface area contributed by atoms with Crippen LogP contribution in [0.2, 0.25) is 0 Å². The average molecular weight is 230 g/mol. The van der Waals surface area contributed by atoms with Gasteiger partial charge >= 0.3 is 0 Å². The Morgan fingerprint density at radius 1 is 1.60 bits per heavy atom. The number of thioether (sulfide) groups is 1. The number of nitrogens with one attached hydrogen (secondary N) is 1. The van der Waals surface area contributed by atoms with Crippen LogP contribution in [0, 0.1) is 5.92 Å². The molecule has 0 saturated heterocycles. The van der Waals surface area contributed by atoms with Gasteiger partial charge in [0.1, 0.15) is 0 Å². The van der Waals surface area contributed by atoms with E-state index in [0.717, 1.165) is 13.0 Å². The van der Waals surface area contributed by atoms with Gasteiger partial charge < -0.3 is 11.1 Å². The molecule has 1 aliphatic rings. The largest absolute Gasteiger partial charge is 0.355 e. The summed E-state index contributed by atoms with van der Waals surface area (Å²) in [4.78, 5) is 11.6. The number of rotatable bonds is 7. The Morgan fingerprint density at radius 2 is 2.27 bits per heavy atom. The Bertz CT molecular complexity index is 213. The Balaban J connectivity index is 2.18. The van der Waals surface area contributed by atoms with E-state index in [-0.39, 0.29) is 5.91 Å². The summed E-state index contributed by atoms with van der Waals surface area (Å²) in [6, 6.07) is 0.